The number of piperazine rings is 1. The van der Waals surface area contributed by atoms with Crippen LogP contribution in [0.4, 0.5) is 4.79 Å². The zero-order valence-corrected chi connectivity index (χ0v) is 12.2. The smallest absolute Gasteiger partial charge is 0.410 e. The van der Waals surface area contributed by atoms with Crippen LogP contribution in [-0.4, -0.2) is 48.6 Å². The van der Waals surface area contributed by atoms with Crippen LogP contribution in [0.15, 0.2) is 0 Å². The van der Waals surface area contributed by atoms with Crippen LogP contribution >= 0.6 is 0 Å². The topological polar surface area (TPSA) is 58.6 Å². The van der Waals surface area contributed by atoms with E-state index in [4.69, 9.17) is 4.74 Å². The molecule has 0 spiro atoms. The standard InChI is InChI=1S/C9H18N2O2.C4H8O/c1-9(2,3)13-8(12)11-6-4-10-5-7-11;1-3-4(2)5/h10H,4-7H2,1-3H3;3H2,1-2H3. The van der Waals surface area contributed by atoms with Crippen molar-refractivity contribution in [3.05, 3.63) is 0 Å². The average Bonchev–Trinajstić information content (AvgIpc) is 2.29. The van der Waals surface area contributed by atoms with Crippen LogP contribution in [0, 0.1) is 0 Å². The second kappa shape index (κ2) is 8.08. The predicted molar refractivity (Wildman–Crippen MR) is 71.6 cm³/mol. The quantitative estimate of drug-likeness (QED) is 0.779. The maximum Gasteiger partial charge on any atom is 0.410 e. The van der Waals surface area contributed by atoms with Gasteiger partial charge in [-0.25, -0.2) is 4.79 Å². The number of carbonyl (C=O) groups is 2. The van der Waals surface area contributed by atoms with Crippen LogP contribution in [0.2, 0.25) is 0 Å². The van der Waals surface area contributed by atoms with E-state index >= 15 is 0 Å². The molecule has 0 saturated carbocycles. The molecule has 5 nitrogen and oxygen atoms in total. The highest BCUT2D eigenvalue weighted by atomic mass is 16.6. The molecule has 0 unspecified atom stereocenters. The van der Waals surface area contributed by atoms with Gasteiger partial charge in [-0.15, -0.1) is 0 Å². The summed E-state index contributed by atoms with van der Waals surface area (Å²) in [5, 5.41) is 3.18. The van der Waals surface area contributed by atoms with Crippen molar-refractivity contribution in [2.24, 2.45) is 0 Å². The van der Waals surface area contributed by atoms with Gasteiger partial charge in [-0.2, -0.15) is 0 Å². The van der Waals surface area contributed by atoms with Crippen molar-refractivity contribution < 1.29 is 14.3 Å². The Morgan fingerprint density at radius 1 is 1.22 bits per heavy atom. The first kappa shape index (κ1) is 16.9. The molecule has 0 aromatic carbocycles. The van der Waals surface area contributed by atoms with Crippen molar-refractivity contribution in [2.45, 2.75) is 46.6 Å². The summed E-state index contributed by atoms with van der Waals surface area (Å²) in [6.45, 7) is 12.3. The minimum atomic E-state index is -0.387. The molecule has 1 heterocycles. The van der Waals surface area contributed by atoms with Gasteiger partial charge in [-0.3, -0.25) is 0 Å². The maximum absolute atomic E-state index is 11.5. The summed E-state index contributed by atoms with van der Waals surface area (Å²) >= 11 is 0. The van der Waals surface area contributed by atoms with Gasteiger partial charge >= 0.3 is 6.09 Å². The monoisotopic (exact) mass is 258 g/mol. The molecule has 1 N–H and O–H groups in total. The number of hydrogen-bond acceptors (Lipinski definition) is 4. The minimum Gasteiger partial charge on any atom is -0.444 e. The number of amides is 1. The SMILES string of the molecule is CC(C)(C)OC(=O)N1CCNCC1.CCC(C)=O. The van der Waals surface area contributed by atoms with Crippen molar-refractivity contribution >= 4 is 11.9 Å². The van der Waals surface area contributed by atoms with Crippen LogP contribution in [0.25, 0.3) is 0 Å². The van der Waals surface area contributed by atoms with Gasteiger partial charge in [-0.1, -0.05) is 6.92 Å². The first-order chi connectivity index (χ1) is 8.26. The molecule has 1 rings (SSSR count). The molecule has 1 saturated heterocycles. The maximum atomic E-state index is 11.5. The molecular weight excluding hydrogens is 232 g/mol. The van der Waals surface area contributed by atoms with Crippen LogP contribution < -0.4 is 5.32 Å². The highest BCUT2D eigenvalue weighted by Crippen LogP contribution is 2.09. The third-order valence-corrected chi connectivity index (χ3v) is 2.27. The fraction of sp³-hybridized carbons (Fsp3) is 0.846. The van der Waals surface area contributed by atoms with E-state index in [2.05, 4.69) is 5.32 Å². The van der Waals surface area contributed by atoms with E-state index in [0.717, 1.165) is 26.2 Å². The summed E-state index contributed by atoms with van der Waals surface area (Å²) < 4.78 is 5.24. The fourth-order valence-electron chi connectivity index (χ4n) is 1.17. The van der Waals surface area contributed by atoms with Gasteiger partial charge in [0.25, 0.3) is 0 Å². The van der Waals surface area contributed by atoms with Gasteiger partial charge < -0.3 is 19.7 Å². The lowest BCUT2D eigenvalue weighted by Gasteiger charge is -2.30. The molecule has 106 valence electrons. The van der Waals surface area contributed by atoms with Gasteiger partial charge in [0, 0.05) is 32.6 Å². The Morgan fingerprint density at radius 2 is 1.67 bits per heavy atom. The molecule has 1 fully saturated rings. The Hall–Kier alpha value is -1.10. The Balaban J connectivity index is 0.000000494. The van der Waals surface area contributed by atoms with Gasteiger partial charge in [0.1, 0.15) is 11.4 Å². The molecule has 5 heteroatoms. The van der Waals surface area contributed by atoms with E-state index in [1.54, 1.807) is 11.8 Å². The molecule has 1 aliphatic heterocycles. The van der Waals surface area contributed by atoms with Crippen molar-refractivity contribution in [1.82, 2.24) is 10.2 Å². The normalized spacial score (nSPS) is 15.5. The van der Waals surface area contributed by atoms with Crippen LogP contribution in [0.3, 0.4) is 0 Å². The first-order valence-corrected chi connectivity index (χ1v) is 6.44. The highest BCUT2D eigenvalue weighted by Gasteiger charge is 2.22. The number of carbonyl (C=O) groups excluding carboxylic acids is 2. The number of nitrogens with zero attached hydrogens (tertiary/aromatic N) is 1. The van der Waals surface area contributed by atoms with Gasteiger partial charge in [0.15, 0.2) is 0 Å². The summed E-state index contributed by atoms with van der Waals surface area (Å²) in [6, 6.07) is 0. The van der Waals surface area contributed by atoms with Crippen LogP contribution in [0.1, 0.15) is 41.0 Å². The Bertz CT molecular complexity index is 266. The largest absolute Gasteiger partial charge is 0.444 e. The van der Waals surface area contributed by atoms with Crippen molar-refractivity contribution in [2.75, 3.05) is 26.2 Å². The van der Waals surface area contributed by atoms with E-state index in [0.29, 0.717) is 6.42 Å². The minimum absolute atomic E-state index is 0.200. The summed E-state index contributed by atoms with van der Waals surface area (Å²) in [4.78, 5) is 23.0. The third-order valence-electron chi connectivity index (χ3n) is 2.27. The van der Waals surface area contributed by atoms with Gasteiger partial charge in [-0.05, 0) is 27.7 Å². The third kappa shape index (κ3) is 8.98. The summed E-state index contributed by atoms with van der Waals surface area (Å²) in [7, 11) is 0. The molecule has 0 radical (unpaired) electrons. The lowest BCUT2D eigenvalue weighted by atomic mass is 10.2. The number of Topliss-reactive ketones (excluding diaryl/α,β-unsaturated/α-hetero) is 1. The molecule has 0 aromatic rings. The molecule has 1 amide bonds. The Kier molecular flexibility index (Phi) is 7.59. The predicted octanol–water partition coefficient (Wildman–Crippen LogP) is 1.81. The zero-order valence-electron chi connectivity index (χ0n) is 12.2. The molecule has 0 aromatic heterocycles. The van der Waals surface area contributed by atoms with E-state index in [9.17, 15) is 9.59 Å². The first-order valence-electron chi connectivity index (χ1n) is 6.44. The zero-order chi connectivity index (χ0) is 14.2. The Labute approximate surface area is 110 Å². The number of rotatable bonds is 1. The average molecular weight is 258 g/mol. The van der Waals surface area contributed by atoms with Gasteiger partial charge in [0.2, 0.25) is 0 Å². The molecule has 0 atom stereocenters. The molecule has 1 aliphatic rings. The number of nitrogens with one attached hydrogen (secondary N) is 1. The number of ether oxygens (including phenoxy) is 1. The molecular formula is C13H26N2O3. The van der Waals surface area contributed by atoms with Crippen molar-refractivity contribution in [3.63, 3.8) is 0 Å². The van der Waals surface area contributed by atoms with E-state index < -0.39 is 0 Å². The van der Waals surface area contributed by atoms with Crippen molar-refractivity contribution in [1.29, 1.82) is 0 Å². The highest BCUT2D eigenvalue weighted by molar-refractivity contribution is 5.74. The fourth-order valence-corrected chi connectivity index (χ4v) is 1.17. The van der Waals surface area contributed by atoms with E-state index in [-0.39, 0.29) is 17.5 Å². The van der Waals surface area contributed by atoms with Crippen molar-refractivity contribution in [3.8, 4) is 0 Å². The lowest BCUT2D eigenvalue weighted by Crippen LogP contribution is -2.48. The Morgan fingerprint density at radius 3 is 2.00 bits per heavy atom. The molecule has 0 bridgehead atoms. The summed E-state index contributed by atoms with van der Waals surface area (Å²) in [5.74, 6) is 0.255. The number of hydrogen-bond donors (Lipinski definition) is 1. The second-order valence-corrected chi connectivity index (χ2v) is 5.27. The molecule has 18 heavy (non-hydrogen) atoms. The van der Waals surface area contributed by atoms with E-state index in [1.165, 1.54) is 0 Å². The summed E-state index contributed by atoms with van der Waals surface area (Å²) in [5.41, 5.74) is -0.387. The van der Waals surface area contributed by atoms with Crippen LogP contribution in [-0.2, 0) is 9.53 Å². The van der Waals surface area contributed by atoms with Crippen LogP contribution in [0.5, 0.6) is 0 Å². The summed E-state index contributed by atoms with van der Waals surface area (Å²) in [6.07, 6.45) is 0.467. The van der Waals surface area contributed by atoms with Gasteiger partial charge in [0.05, 0.1) is 0 Å². The lowest BCUT2D eigenvalue weighted by molar-refractivity contribution is -0.116. The molecule has 0 aliphatic carbocycles. The second-order valence-electron chi connectivity index (χ2n) is 5.27. The van der Waals surface area contributed by atoms with E-state index in [1.807, 2.05) is 27.7 Å². The number of ketones is 1.